The lowest BCUT2D eigenvalue weighted by molar-refractivity contribution is -0.136. The van der Waals surface area contributed by atoms with E-state index in [1.165, 1.54) is 0 Å². The van der Waals surface area contributed by atoms with Crippen LogP contribution in [0.15, 0.2) is 28.7 Å². The maximum absolute atomic E-state index is 12.8. The molecule has 7 heteroatoms. The zero-order chi connectivity index (χ0) is 17.3. The lowest BCUT2D eigenvalue weighted by atomic mass is 9.73. The lowest BCUT2D eigenvalue weighted by Crippen LogP contribution is -2.54. The summed E-state index contributed by atoms with van der Waals surface area (Å²) in [4.78, 5) is 38.3. The molecule has 1 heterocycles. The zero-order valence-corrected chi connectivity index (χ0v) is 15.1. The number of nitrogens with zero attached hydrogens (tertiary/aromatic N) is 1. The summed E-state index contributed by atoms with van der Waals surface area (Å²) in [6.07, 6.45) is 3.53. The predicted molar refractivity (Wildman–Crippen MR) is 93.4 cm³/mol. The van der Waals surface area contributed by atoms with Crippen molar-refractivity contribution in [3.8, 4) is 0 Å². The van der Waals surface area contributed by atoms with Crippen molar-refractivity contribution in [1.82, 2.24) is 10.2 Å². The molecule has 128 valence electrons. The van der Waals surface area contributed by atoms with E-state index in [-0.39, 0.29) is 24.3 Å². The molecule has 2 fully saturated rings. The van der Waals surface area contributed by atoms with Crippen LogP contribution >= 0.6 is 15.9 Å². The minimum Gasteiger partial charge on any atom is -0.325 e. The van der Waals surface area contributed by atoms with Gasteiger partial charge in [-0.3, -0.25) is 14.5 Å². The molecule has 0 bridgehead atoms. The molecule has 0 aromatic heterocycles. The van der Waals surface area contributed by atoms with Crippen molar-refractivity contribution in [3.63, 3.8) is 0 Å². The predicted octanol–water partition coefficient (Wildman–Crippen LogP) is 2.89. The quantitative estimate of drug-likeness (QED) is 0.774. The van der Waals surface area contributed by atoms with E-state index in [1.54, 1.807) is 12.1 Å². The molecule has 1 saturated carbocycles. The van der Waals surface area contributed by atoms with Gasteiger partial charge in [0, 0.05) is 10.2 Å². The average molecular weight is 394 g/mol. The van der Waals surface area contributed by atoms with Crippen molar-refractivity contribution < 1.29 is 14.4 Å². The first-order chi connectivity index (χ1) is 11.4. The molecule has 1 spiro atoms. The van der Waals surface area contributed by atoms with Gasteiger partial charge in [-0.05, 0) is 43.0 Å². The molecule has 6 nitrogen and oxygen atoms in total. The Hall–Kier alpha value is -1.89. The monoisotopic (exact) mass is 393 g/mol. The highest BCUT2D eigenvalue weighted by atomic mass is 79.9. The maximum Gasteiger partial charge on any atom is 0.325 e. The van der Waals surface area contributed by atoms with E-state index in [9.17, 15) is 14.4 Å². The Labute approximate surface area is 149 Å². The molecule has 1 aromatic carbocycles. The van der Waals surface area contributed by atoms with Crippen molar-refractivity contribution in [2.24, 2.45) is 5.92 Å². The summed E-state index contributed by atoms with van der Waals surface area (Å²) in [6, 6.07) is 6.64. The van der Waals surface area contributed by atoms with E-state index in [0.717, 1.165) is 28.6 Å². The van der Waals surface area contributed by atoms with Gasteiger partial charge in [0.2, 0.25) is 5.91 Å². The van der Waals surface area contributed by atoms with Gasteiger partial charge in [0.15, 0.2) is 0 Å². The molecular weight excluding hydrogens is 374 g/mol. The summed E-state index contributed by atoms with van der Waals surface area (Å²) in [5.74, 6) is -0.575. The van der Waals surface area contributed by atoms with Gasteiger partial charge in [-0.1, -0.05) is 35.7 Å². The number of urea groups is 1. The molecule has 4 amide bonds. The Morgan fingerprint density at radius 1 is 1.33 bits per heavy atom. The summed E-state index contributed by atoms with van der Waals surface area (Å²) >= 11 is 3.33. The highest BCUT2D eigenvalue weighted by Gasteiger charge is 2.55. The molecule has 2 unspecified atom stereocenters. The second-order valence-corrected chi connectivity index (χ2v) is 7.41. The first kappa shape index (κ1) is 17.0. The highest BCUT2D eigenvalue weighted by molar-refractivity contribution is 9.10. The van der Waals surface area contributed by atoms with E-state index < -0.39 is 11.6 Å². The van der Waals surface area contributed by atoms with Crippen LogP contribution in [0.4, 0.5) is 10.5 Å². The molecule has 0 radical (unpaired) electrons. The number of carbonyl (C=O) groups excluding carboxylic acids is 3. The standard InChI is InChI=1S/C17H20BrN3O3/c1-11-4-2-3-9-17(11)15(23)21(16(24)20-17)10-14(22)19-13-7-5-12(18)6-8-13/h5-8,11H,2-4,9-10H2,1H3,(H,19,22)(H,20,24). The Kier molecular flexibility index (Phi) is 4.62. The van der Waals surface area contributed by atoms with E-state index in [4.69, 9.17) is 0 Å². The first-order valence-corrected chi connectivity index (χ1v) is 8.91. The Morgan fingerprint density at radius 3 is 2.71 bits per heavy atom. The Morgan fingerprint density at radius 2 is 2.04 bits per heavy atom. The van der Waals surface area contributed by atoms with Crippen LogP contribution in [-0.4, -0.2) is 34.8 Å². The Bertz CT molecular complexity index is 676. The minimum atomic E-state index is -0.826. The number of nitrogens with one attached hydrogen (secondary N) is 2. The Balaban J connectivity index is 1.68. The van der Waals surface area contributed by atoms with Crippen LogP contribution in [0.3, 0.4) is 0 Å². The summed E-state index contributed by atoms with van der Waals surface area (Å²) in [6.45, 7) is 1.72. The third kappa shape index (κ3) is 3.05. The lowest BCUT2D eigenvalue weighted by Gasteiger charge is -2.36. The molecule has 2 aliphatic rings. The van der Waals surface area contributed by atoms with Crippen LogP contribution in [0, 0.1) is 5.92 Å². The molecular formula is C17H20BrN3O3. The summed E-state index contributed by atoms with van der Waals surface area (Å²) < 4.78 is 0.905. The van der Waals surface area contributed by atoms with Gasteiger partial charge in [-0.2, -0.15) is 0 Å². The maximum atomic E-state index is 12.8. The number of hydrogen-bond donors (Lipinski definition) is 2. The molecule has 1 aliphatic carbocycles. The number of carbonyl (C=O) groups is 3. The summed E-state index contributed by atoms with van der Waals surface area (Å²) in [7, 11) is 0. The molecule has 2 atom stereocenters. The van der Waals surface area contributed by atoms with Crippen molar-refractivity contribution in [2.45, 2.75) is 38.1 Å². The van der Waals surface area contributed by atoms with Crippen LogP contribution < -0.4 is 10.6 Å². The second-order valence-electron chi connectivity index (χ2n) is 6.49. The highest BCUT2D eigenvalue weighted by Crippen LogP contribution is 2.38. The van der Waals surface area contributed by atoms with Gasteiger partial charge in [-0.25, -0.2) is 4.79 Å². The largest absolute Gasteiger partial charge is 0.325 e. The molecule has 3 rings (SSSR count). The van der Waals surface area contributed by atoms with Gasteiger partial charge in [0.25, 0.3) is 5.91 Å². The van der Waals surface area contributed by atoms with Crippen molar-refractivity contribution in [2.75, 3.05) is 11.9 Å². The van der Waals surface area contributed by atoms with Crippen LogP contribution in [0.25, 0.3) is 0 Å². The van der Waals surface area contributed by atoms with Crippen LogP contribution in [0.2, 0.25) is 0 Å². The topological polar surface area (TPSA) is 78.5 Å². The van der Waals surface area contributed by atoms with Crippen LogP contribution in [-0.2, 0) is 9.59 Å². The van der Waals surface area contributed by atoms with E-state index in [2.05, 4.69) is 26.6 Å². The number of amides is 4. The van der Waals surface area contributed by atoms with Gasteiger partial charge >= 0.3 is 6.03 Å². The molecule has 1 aromatic rings. The first-order valence-electron chi connectivity index (χ1n) is 8.12. The smallest absolute Gasteiger partial charge is 0.325 e. The number of hydrogen-bond acceptors (Lipinski definition) is 3. The fourth-order valence-electron chi connectivity index (χ4n) is 3.52. The van der Waals surface area contributed by atoms with Crippen molar-refractivity contribution in [1.29, 1.82) is 0 Å². The van der Waals surface area contributed by atoms with Crippen LogP contribution in [0.1, 0.15) is 32.6 Å². The number of anilines is 1. The van der Waals surface area contributed by atoms with Gasteiger partial charge in [-0.15, -0.1) is 0 Å². The number of imide groups is 1. The zero-order valence-electron chi connectivity index (χ0n) is 13.5. The molecule has 1 aliphatic heterocycles. The van der Waals surface area contributed by atoms with E-state index >= 15 is 0 Å². The van der Waals surface area contributed by atoms with E-state index in [0.29, 0.717) is 12.1 Å². The van der Waals surface area contributed by atoms with Gasteiger partial charge in [0.05, 0.1) is 0 Å². The van der Waals surface area contributed by atoms with Crippen molar-refractivity contribution in [3.05, 3.63) is 28.7 Å². The fraction of sp³-hybridized carbons (Fsp3) is 0.471. The van der Waals surface area contributed by atoms with E-state index in [1.807, 2.05) is 19.1 Å². The number of benzene rings is 1. The fourth-order valence-corrected chi connectivity index (χ4v) is 3.78. The average Bonchev–Trinajstić information content (AvgIpc) is 2.78. The summed E-state index contributed by atoms with van der Waals surface area (Å²) in [5.41, 5.74) is -0.205. The van der Waals surface area contributed by atoms with Crippen LogP contribution in [0.5, 0.6) is 0 Å². The summed E-state index contributed by atoms with van der Waals surface area (Å²) in [5, 5.41) is 5.55. The molecule has 1 saturated heterocycles. The number of halogens is 1. The third-order valence-electron chi connectivity index (χ3n) is 4.93. The number of rotatable bonds is 3. The second kappa shape index (κ2) is 6.55. The normalized spacial score (nSPS) is 26.6. The minimum absolute atomic E-state index is 0.0854. The van der Waals surface area contributed by atoms with Gasteiger partial charge < -0.3 is 10.6 Å². The molecule has 24 heavy (non-hydrogen) atoms. The molecule has 2 N–H and O–H groups in total. The van der Waals surface area contributed by atoms with Gasteiger partial charge in [0.1, 0.15) is 12.1 Å². The third-order valence-corrected chi connectivity index (χ3v) is 5.46. The van der Waals surface area contributed by atoms with Crippen molar-refractivity contribution >= 4 is 39.5 Å². The SMILES string of the molecule is CC1CCCCC12NC(=O)N(CC(=O)Nc1ccc(Br)cc1)C2=O.